The lowest BCUT2D eigenvalue weighted by Crippen LogP contribution is -2.40. The molecule has 0 spiro atoms. The van der Waals surface area contributed by atoms with Crippen LogP contribution in [-0.4, -0.2) is 71.7 Å². The van der Waals surface area contributed by atoms with Crippen molar-refractivity contribution in [2.45, 2.75) is 54.7 Å². The molecule has 3 unspecified atom stereocenters. The van der Waals surface area contributed by atoms with Gasteiger partial charge in [0.25, 0.3) is 0 Å². The smallest absolute Gasteiger partial charge is 0.238 e. The number of para-hydroxylation sites is 1. The van der Waals surface area contributed by atoms with E-state index in [0.717, 1.165) is 71.2 Å². The van der Waals surface area contributed by atoms with E-state index in [1.54, 1.807) is 0 Å². The Morgan fingerprint density at radius 1 is 0.810 bits per heavy atom. The summed E-state index contributed by atoms with van der Waals surface area (Å²) in [5.74, 6) is 2.79. The van der Waals surface area contributed by atoms with Crippen LogP contribution < -0.4 is 21.3 Å². The number of rotatable bonds is 4. The Kier molecular flexibility index (Phi) is 8.28. The van der Waals surface area contributed by atoms with Gasteiger partial charge in [0.2, 0.25) is 5.95 Å². The van der Waals surface area contributed by atoms with Gasteiger partial charge in [0.05, 0.1) is 16.9 Å². The summed E-state index contributed by atoms with van der Waals surface area (Å²) < 4.78 is 2.36. The number of hydrogen-bond donors (Lipinski definition) is 1. The van der Waals surface area contributed by atoms with Crippen LogP contribution in [0.4, 0.5) is 11.4 Å². The summed E-state index contributed by atoms with van der Waals surface area (Å²) in [6.45, 7) is 0. The van der Waals surface area contributed by atoms with Crippen LogP contribution in [0.25, 0.3) is 34.1 Å². The van der Waals surface area contributed by atoms with Crippen molar-refractivity contribution >= 4 is 115 Å². The number of aryl methyl sites for hydroxylation is 1. The van der Waals surface area contributed by atoms with Gasteiger partial charge in [-0.25, -0.2) is 4.98 Å². The zero-order chi connectivity index (χ0) is 39.6. The molecule has 6 nitrogen and oxygen atoms in total. The maximum atomic E-state index is 11.8. The third-order valence-electron chi connectivity index (χ3n) is 13.9. The molecule has 0 fully saturated rings. The molecule has 4 heterocycles. The molecule has 0 radical (unpaired) electrons. The van der Waals surface area contributed by atoms with E-state index in [9.17, 15) is 5.11 Å². The van der Waals surface area contributed by atoms with E-state index in [1.165, 1.54) is 59.6 Å². The van der Waals surface area contributed by atoms with Gasteiger partial charge in [-0.15, -0.1) is 0 Å². The highest BCUT2D eigenvalue weighted by atomic mass is 32.2. The summed E-state index contributed by atoms with van der Waals surface area (Å²) in [7, 11) is 13.2. The van der Waals surface area contributed by atoms with E-state index in [1.807, 2.05) is 11.8 Å². The zero-order valence-corrected chi connectivity index (χ0v) is 34.8. The number of aromatic nitrogens is 4. The molecule has 5 aromatic rings. The first kappa shape index (κ1) is 35.9. The van der Waals surface area contributed by atoms with E-state index >= 15 is 0 Å². The molecular formula is C45H41B6N5OS. The van der Waals surface area contributed by atoms with Gasteiger partial charge in [0.1, 0.15) is 52.8 Å². The predicted octanol–water partition coefficient (Wildman–Crippen LogP) is 2.58. The minimum Gasteiger partial charge on any atom is -0.508 e. The van der Waals surface area contributed by atoms with Crippen LogP contribution in [0, 0.1) is 0 Å². The molecule has 0 amide bonds. The summed E-state index contributed by atoms with van der Waals surface area (Å²) in [5.41, 5.74) is 17.7. The zero-order valence-electron chi connectivity index (χ0n) is 34.0. The number of anilines is 2. The van der Waals surface area contributed by atoms with Crippen LogP contribution in [0.15, 0.2) is 111 Å². The number of allylic oxidation sites excluding steroid dienone is 13. The number of nitrogens with zero attached hydrogens (tertiary/aromatic N) is 5. The average Bonchev–Trinajstić information content (AvgIpc) is 3.94. The molecular weight excluding hydrogens is 723 g/mol. The van der Waals surface area contributed by atoms with E-state index in [-0.39, 0.29) is 17.7 Å². The molecule has 2 aromatic heterocycles. The van der Waals surface area contributed by atoms with Crippen molar-refractivity contribution in [3.8, 4) is 11.7 Å². The maximum absolute atomic E-state index is 11.8. The highest BCUT2D eigenvalue weighted by Gasteiger charge is 2.44. The first-order valence-corrected chi connectivity index (χ1v) is 21.7. The number of benzene rings is 3. The van der Waals surface area contributed by atoms with Crippen molar-refractivity contribution in [3.63, 3.8) is 0 Å². The molecule has 1 N–H and O–H groups in total. The topological polar surface area (TPSA) is 67.1 Å². The number of thioether (sulfide) groups is 1. The van der Waals surface area contributed by atoms with Crippen molar-refractivity contribution in [3.05, 3.63) is 141 Å². The summed E-state index contributed by atoms with van der Waals surface area (Å²) in [6.07, 6.45) is 23.0. The van der Waals surface area contributed by atoms with Crippen molar-refractivity contribution in [1.29, 1.82) is 0 Å². The molecule has 276 valence electrons. The number of hydrogen-bond acceptors (Lipinski definition) is 6. The number of fused-ring (bicyclic) bond motifs is 10. The Labute approximate surface area is 349 Å². The van der Waals surface area contributed by atoms with E-state index in [0.29, 0.717) is 23.3 Å². The van der Waals surface area contributed by atoms with Crippen LogP contribution in [-0.2, 0) is 6.42 Å². The molecule has 2 aliphatic heterocycles. The molecule has 0 bridgehead atoms. The molecule has 13 heteroatoms. The Balaban J connectivity index is 1.18. The standard InChI is InChI=1S/C45H41B6N5OS/c46-32-29-30-40(57)35(49)34(48)37(51)42(30)58-41(29)36(50)33(47)31(32)44-52-43(21-11-3-1-4-12-21)53-45(54-44)56-28-18-10-8-16-24(28)26-20-19-25-23-15-7-9-17-27(23)55(38(25)39(26)56)22-13-5-2-6-14-22/h2-3,5-7,9-14,17-20,23,29,32,57H,1,4,8,15-16,46-51H2. The third kappa shape index (κ3) is 5.04. The van der Waals surface area contributed by atoms with Crippen molar-refractivity contribution in [2.75, 3.05) is 4.90 Å². The van der Waals surface area contributed by atoms with Gasteiger partial charge in [0, 0.05) is 44.6 Å². The SMILES string of the molecule is BC1=C(c2nc(C3=CCCC=C3)nc(-n3c4c(c5ccc6c(c53)N(c3ccccc3)C3=CC=CCC36)CCC=C4)n2)C(B)C2C(=C1B)Sc1c(B)c(B)c(B)c(O)c12. The van der Waals surface area contributed by atoms with Gasteiger partial charge in [-0.1, -0.05) is 106 Å². The quantitative estimate of drug-likeness (QED) is 0.284. The molecule has 3 aromatic carbocycles. The number of phenols is 1. The molecule has 11 rings (SSSR count). The molecule has 0 saturated heterocycles. The summed E-state index contributed by atoms with van der Waals surface area (Å²) >= 11 is 1.85. The number of aromatic hydroxyl groups is 1. The Hall–Kier alpha value is -5.27. The van der Waals surface area contributed by atoms with Crippen LogP contribution in [0.5, 0.6) is 5.75 Å². The van der Waals surface area contributed by atoms with Crippen molar-refractivity contribution in [1.82, 2.24) is 19.5 Å². The number of phenolic OH excluding ortho intramolecular Hbond substituents is 1. The average molecular weight is 765 g/mol. The minimum atomic E-state index is 0.0187. The Morgan fingerprint density at radius 2 is 1.62 bits per heavy atom. The molecule has 3 atom stereocenters. The Bertz CT molecular complexity index is 2910. The van der Waals surface area contributed by atoms with Crippen LogP contribution in [0.3, 0.4) is 0 Å². The van der Waals surface area contributed by atoms with Crippen molar-refractivity contribution in [2.24, 2.45) is 0 Å². The highest BCUT2D eigenvalue weighted by molar-refractivity contribution is 8.03. The van der Waals surface area contributed by atoms with Gasteiger partial charge in [0.15, 0.2) is 11.6 Å². The summed E-state index contributed by atoms with van der Waals surface area (Å²) in [5, 5.41) is 13.1. The van der Waals surface area contributed by atoms with Gasteiger partial charge in [-0.2, -0.15) is 9.97 Å². The third-order valence-corrected chi connectivity index (χ3v) is 15.4. The normalized spacial score (nSPS) is 21.5. The molecule has 6 aliphatic rings. The maximum Gasteiger partial charge on any atom is 0.238 e. The minimum absolute atomic E-state index is 0.0187. The van der Waals surface area contributed by atoms with Gasteiger partial charge < -0.3 is 10.0 Å². The molecule has 58 heavy (non-hydrogen) atoms. The van der Waals surface area contributed by atoms with Crippen LogP contribution >= 0.6 is 11.8 Å². The second-order valence-electron chi connectivity index (χ2n) is 16.8. The second kappa shape index (κ2) is 13.4. The van der Waals surface area contributed by atoms with Gasteiger partial charge in [-0.05, 0) is 83.8 Å². The van der Waals surface area contributed by atoms with E-state index in [4.69, 9.17) is 15.0 Å². The van der Waals surface area contributed by atoms with Crippen molar-refractivity contribution < 1.29 is 5.11 Å². The lowest BCUT2D eigenvalue weighted by Gasteiger charge is -2.33. The van der Waals surface area contributed by atoms with E-state index in [2.05, 4.69) is 148 Å². The predicted molar refractivity (Wildman–Crippen MR) is 258 cm³/mol. The van der Waals surface area contributed by atoms with Gasteiger partial charge >= 0.3 is 0 Å². The highest BCUT2D eigenvalue weighted by Crippen LogP contribution is 2.61. The summed E-state index contributed by atoms with van der Waals surface area (Å²) in [4.78, 5) is 21.5. The Morgan fingerprint density at radius 3 is 2.43 bits per heavy atom. The first-order chi connectivity index (χ1) is 28.2. The first-order valence-electron chi connectivity index (χ1n) is 20.9. The van der Waals surface area contributed by atoms with E-state index < -0.39 is 0 Å². The monoisotopic (exact) mass is 765 g/mol. The fourth-order valence-corrected chi connectivity index (χ4v) is 12.2. The molecule has 0 saturated carbocycles. The second-order valence-corrected chi connectivity index (χ2v) is 17.9. The molecule has 4 aliphatic carbocycles. The fourth-order valence-electron chi connectivity index (χ4n) is 10.6. The fraction of sp³-hybridized carbons (Fsp3) is 0.178. The summed E-state index contributed by atoms with van der Waals surface area (Å²) in [6, 6.07) is 15.6. The van der Waals surface area contributed by atoms with Crippen LogP contribution in [0.2, 0.25) is 5.82 Å². The lowest BCUT2D eigenvalue weighted by atomic mass is 9.57. The van der Waals surface area contributed by atoms with Gasteiger partial charge in [-0.3, -0.25) is 4.57 Å². The van der Waals surface area contributed by atoms with Crippen LogP contribution in [0.1, 0.15) is 71.6 Å². The lowest BCUT2D eigenvalue weighted by molar-refractivity contribution is 0.468. The largest absolute Gasteiger partial charge is 0.508 e.